The average molecular weight is 270 g/mol. The summed E-state index contributed by atoms with van der Waals surface area (Å²) in [7, 11) is 0. The number of carbonyl (C=O) groups excluding carboxylic acids is 1. The molecule has 0 saturated heterocycles. The molecule has 0 rings (SSSR count). The highest BCUT2D eigenvalue weighted by Crippen LogP contribution is 2.12. The van der Waals surface area contributed by atoms with Crippen LogP contribution in [0.1, 0.15) is 85.5 Å². The van der Waals surface area contributed by atoms with E-state index < -0.39 is 0 Å². The fraction of sp³-hybridized carbons (Fsp3) is 0.941. The number of esters is 1. The topological polar surface area (TPSA) is 26.3 Å². The molecule has 0 aliphatic rings. The predicted molar refractivity (Wildman–Crippen MR) is 82.2 cm³/mol. The van der Waals surface area contributed by atoms with Crippen molar-refractivity contribution in [2.45, 2.75) is 85.5 Å². The van der Waals surface area contributed by atoms with Crippen LogP contribution in [0.5, 0.6) is 0 Å². The standard InChI is InChI=1S/C17H34O2/c1-5-16(6-2)17(18)19-14-12-10-8-7-9-11-13-15(3)4/h15-16H,5-14H2,1-4H3. The molecule has 0 spiro atoms. The van der Waals surface area contributed by atoms with Gasteiger partial charge in [0.2, 0.25) is 0 Å². The lowest BCUT2D eigenvalue weighted by atomic mass is 10.0. The number of rotatable bonds is 12. The van der Waals surface area contributed by atoms with Crippen LogP contribution < -0.4 is 0 Å². The van der Waals surface area contributed by atoms with Gasteiger partial charge >= 0.3 is 5.97 Å². The van der Waals surface area contributed by atoms with Crippen LogP contribution in [0.2, 0.25) is 0 Å². The molecule has 0 aromatic heterocycles. The molecule has 0 amide bonds. The Kier molecular flexibility index (Phi) is 12.2. The summed E-state index contributed by atoms with van der Waals surface area (Å²) in [5.41, 5.74) is 0. The van der Waals surface area contributed by atoms with Gasteiger partial charge in [-0.2, -0.15) is 0 Å². The largest absolute Gasteiger partial charge is 0.465 e. The molecule has 0 fully saturated rings. The number of ether oxygens (including phenoxy) is 1. The maximum atomic E-state index is 11.6. The molecule has 0 aliphatic carbocycles. The van der Waals surface area contributed by atoms with E-state index in [9.17, 15) is 4.79 Å². The highest BCUT2D eigenvalue weighted by Gasteiger charge is 2.14. The van der Waals surface area contributed by atoms with Gasteiger partial charge in [-0.25, -0.2) is 0 Å². The Labute approximate surface area is 120 Å². The van der Waals surface area contributed by atoms with Crippen molar-refractivity contribution in [3.05, 3.63) is 0 Å². The minimum Gasteiger partial charge on any atom is -0.465 e. The van der Waals surface area contributed by atoms with Gasteiger partial charge in [-0.1, -0.05) is 66.2 Å². The zero-order valence-corrected chi connectivity index (χ0v) is 13.5. The Bertz CT molecular complexity index is 207. The number of unbranched alkanes of at least 4 members (excludes halogenated alkanes) is 5. The van der Waals surface area contributed by atoms with Crippen LogP contribution in [0, 0.1) is 11.8 Å². The molecule has 0 N–H and O–H groups in total. The van der Waals surface area contributed by atoms with Crippen molar-refractivity contribution in [3.8, 4) is 0 Å². The van der Waals surface area contributed by atoms with Crippen molar-refractivity contribution in [1.82, 2.24) is 0 Å². The molecule has 19 heavy (non-hydrogen) atoms. The monoisotopic (exact) mass is 270 g/mol. The van der Waals surface area contributed by atoms with E-state index in [0.717, 1.165) is 25.2 Å². The Hall–Kier alpha value is -0.530. The first-order chi connectivity index (χ1) is 9.11. The second-order valence-corrected chi connectivity index (χ2v) is 5.98. The Balaban J connectivity index is 3.29. The molecule has 2 nitrogen and oxygen atoms in total. The van der Waals surface area contributed by atoms with Crippen LogP contribution in [0.4, 0.5) is 0 Å². The molecule has 0 radical (unpaired) electrons. The molecule has 2 heteroatoms. The molecule has 0 unspecified atom stereocenters. The second kappa shape index (κ2) is 12.5. The van der Waals surface area contributed by atoms with Crippen molar-refractivity contribution < 1.29 is 9.53 Å². The smallest absolute Gasteiger partial charge is 0.308 e. The minimum absolute atomic E-state index is 0.00179. The van der Waals surface area contributed by atoms with Gasteiger partial charge in [0, 0.05) is 0 Å². The lowest BCUT2D eigenvalue weighted by Crippen LogP contribution is -2.16. The number of hydrogen-bond donors (Lipinski definition) is 0. The number of carbonyl (C=O) groups is 1. The fourth-order valence-corrected chi connectivity index (χ4v) is 2.27. The third-order valence-corrected chi connectivity index (χ3v) is 3.74. The normalized spacial score (nSPS) is 11.3. The molecule has 0 aromatic carbocycles. The first-order valence-electron chi connectivity index (χ1n) is 8.28. The maximum absolute atomic E-state index is 11.6. The van der Waals surface area contributed by atoms with Gasteiger partial charge in [-0.05, 0) is 25.2 Å². The molecular weight excluding hydrogens is 236 g/mol. The molecule has 0 atom stereocenters. The summed E-state index contributed by atoms with van der Waals surface area (Å²) in [6.07, 6.45) is 10.7. The van der Waals surface area contributed by atoms with E-state index in [4.69, 9.17) is 4.74 Å². The van der Waals surface area contributed by atoms with E-state index in [1.165, 1.54) is 38.5 Å². The van der Waals surface area contributed by atoms with Crippen LogP contribution in [0.25, 0.3) is 0 Å². The quantitative estimate of drug-likeness (QED) is 0.353. The molecule has 0 aromatic rings. The van der Waals surface area contributed by atoms with Gasteiger partial charge in [0.25, 0.3) is 0 Å². The van der Waals surface area contributed by atoms with Gasteiger partial charge in [-0.15, -0.1) is 0 Å². The summed E-state index contributed by atoms with van der Waals surface area (Å²) in [6, 6.07) is 0. The fourth-order valence-electron chi connectivity index (χ4n) is 2.27. The van der Waals surface area contributed by atoms with Crippen molar-refractivity contribution >= 4 is 5.97 Å². The average Bonchev–Trinajstić information content (AvgIpc) is 2.37. The van der Waals surface area contributed by atoms with Gasteiger partial charge in [0.1, 0.15) is 0 Å². The zero-order valence-electron chi connectivity index (χ0n) is 13.5. The highest BCUT2D eigenvalue weighted by molar-refractivity contribution is 5.72. The van der Waals surface area contributed by atoms with E-state index in [-0.39, 0.29) is 11.9 Å². The first-order valence-corrected chi connectivity index (χ1v) is 8.28. The van der Waals surface area contributed by atoms with Gasteiger partial charge in [0.15, 0.2) is 0 Å². The second-order valence-electron chi connectivity index (χ2n) is 5.98. The summed E-state index contributed by atoms with van der Waals surface area (Å²) in [4.78, 5) is 11.6. The van der Waals surface area contributed by atoms with Crippen molar-refractivity contribution in [2.24, 2.45) is 11.8 Å². The third kappa shape index (κ3) is 11.0. The first kappa shape index (κ1) is 18.5. The van der Waals surface area contributed by atoms with Crippen molar-refractivity contribution in [1.29, 1.82) is 0 Å². The molecule has 0 heterocycles. The lowest BCUT2D eigenvalue weighted by molar-refractivity contribution is -0.148. The highest BCUT2D eigenvalue weighted by atomic mass is 16.5. The van der Waals surface area contributed by atoms with Gasteiger partial charge in [0.05, 0.1) is 12.5 Å². The van der Waals surface area contributed by atoms with E-state index in [1.807, 2.05) is 13.8 Å². The van der Waals surface area contributed by atoms with Crippen LogP contribution in [-0.2, 0) is 9.53 Å². The predicted octanol–water partition coefficient (Wildman–Crippen LogP) is 5.35. The zero-order chi connectivity index (χ0) is 14.5. The summed E-state index contributed by atoms with van der Waals surface area (Å²) in [6.45, 7) is 9.28. The van der Waals surface area contributed by atoms with Crippen molar-refractivity contribution in [2.75, 3.05) is 6.61 Å². The minimum atomic E-state index is 0.00179. The maximum Gasteiger partial charge on any atom is 0.308 e. The number of hydrogen-bond acceptors (Lipinski definition) is 2. The van der Waals surface area contributed by atoms with Crippen LogP contribution in [-0.4, -0.2) is 12.6 Å². The molecule has 114 valence electrons. The summed E-state index contributed by atoms with van der Waals surface area (Å²) >= 11 is 0. The van der Waals surface area contributed by atoms with E-state index in [1.54, 1.807) is 0 Å². The van der Waals surface area contributed by atoms with E-state index in [2.05, 4.69) is 13.8 Å². The third-order valence-electron chi connectivity index (χ3n) is 3.74. The summed E-state index contributed by atoms with van der Waals surface area (Å²) < 4.78 is 5.31. The SMILES string of the molecule is CCC(CC)C(=O)OCCCCCCCCC(C)C. The van der Waals surface area contributed by atoms with Crippen LogP contribution in [0.15, 0.2) is 0 Å². The molecule has 0 bridgehead atoms. The Morgan fingerprint density at radius 1 is 0.895 bits per heavy atom. The van der Waals surface area contributed by atoms with Gasteiger partial charge in [-0.3, -0.25) is 4.79 Å². The molecule has 0 saturated carbocycles. The van der Waals surface area contributed by atoms with E-state index >= 15 is 0 Å². The molecular formula is C17H34O2. The van der Waals surface area contributed by atoms with Crippen LogP contribution in [0.3, 0.4) is 0 Å². The summed E-state index contributed by atoms with van der Waals surface area (Å²) in [5.74, 6) is 0.947. The Morgan fingerprint density at radius 2 is 1.42 bits per heavy atom. The van der Waals surface area contributed by atoms with E-state index in [0.29, 0.717) is 6.61 Å². The summed E-state index contributed by atoms with van der Waals surface area (Å²) in [5, 5.41) is 0. The lowest BCUT2D eigenvalue weighted by Gasteiger charge is -2.11. The van der Waals surface area contributed by atoms with Crippen LogP contribution >= 0.6 is 0 Å². The van der Waals surface area contributed by atoms with Crippen molar-refractivity contribution in [3.63, 3.8) is 0 Å². The van der Waals surface area contributed by atoms with Gasteiger partial charge < -0.3 is 4.74 Å². The Morgan fingerprint density at radius 3 is 1.95 bits per heavy atom. The molecule has 0 aliphatic heterocycles.